The molecule has 1 aromatic carbocycles. The van der Waals surface area contributed by atoms with Gasteiger partial charge in [-0.05, 0) is 56.1 Å². The van der Waals surface area contributed by atoms with E-state index in [-0.39, 0.29) is 17.5 Å². The standard InChI is InChI=1S/C29H40N2O4/c1-29(28(33)34,23-15-6-7-16-23)19-22-14-5-8-17-24(22)27-31-25(20-35-27)26(32)30-18-10-9-13-21-11-3-2-4-12-21/h5,8,14,17,20-21,23H,2-4,6-7,9-13,15-16,18-19H2,1H3,(H,30,32)(H,33,34). The number of oxazole rings is 1. The molecule has 1 heterocycles. The van der Waals surface area contributed by atoms with E-state index >= 15 is 0 Å². The smallest absolute Gasteiger partial charge is 0.309 e. The van der Waals surface area contributed by atoms with Crippen molar-refractivity contribution in [1.82, 2.24) is 10.3 Å². The summed E-state index contributed by atoms with van der Waals surface area (Å²) in [6, 6.07) is 7.65. The molecule has 6 heteroatoms. The topological polar surface area (TPSA) is 92.4 Å². The third-order valence-electron chi connectivity index (χ3n) is 8.34. The van der Waals surface area contributed by atoms with Gasteiger partial charge in [0.05, 0.1) is 5.41 Å². The molecule has 2 fully saturated rings. The summed E-state index contributed by atoms with van der Waals surface area (Å²) in [5, 5.41) is 13.1. The second-order valence-electron chi connectivity index (χ2n) is 10.8. The van der Waals surface area contributed by atoms with Gasteiger partial charge in [0, 0.05) is 12.1 Å². The molecule has 0 spiro atoms. The Kier molecular flexibility index (Phi) is 8.64. The van der Waals surface area contributed by atoms with Crippen molar-refractivity contribution in [3.8, 4) is 11.5 Å². The minimum Gasteiger partial charge on any atom is -0.481 e. The van der Waals surface area contributed by atoms with Crippen molar-refractivity contribution in [2.24, 2.45) is 17.3 Å². The number of benzene rings is 1. The lowest BCUT2D eigenvalue weighted by Crippen LogP contribution is -2.37. The predicted octanol–water partition coefficient (Wildman–Crippen LogP) is 6.65. The maximum atomic E-state index is 12.6. The highest BCUT2D eigenvalue weighted by Gasteiger charge is 2.43. The Labute approximate surface area is 208 Å². The van der Waals surface area contributed by atoms with Crippen LogP contribution in [0, 0.1) is 17.3 Å². The lowest BCUT2D eigenvalue weighted by atomic mass is 9.71. The molecule has 35 heavy (non-hydrogen) atoms. The van der Waals surface area contributed by atoms with Crippen LogP contribution < -0.4 is 5.32 Å². The molecule has 1 atom stereocenters. The fraction of sp³-hybridized carbons (Fsp3) is 0.621. The van der Waals surface area contributed by atoms with E-state index in [9.17, 15) is 14.7 Å². The number of aromatic nitrogens is 1. The third kappa shape index (κ3) is 6.33. The highest BCUT2D eigenvalue weighted by atomic mass is 16.4. The molecule has 1 amide bonds. The van der Waals surface area contributed by atoms with Gasteiger partial charge in [0.1, 0.15) is 6.26 Å². The first-order chi connectivity index (χ1) is 17.0. The largest absolute Gasteiger partial charge is 0.481 e. The molecule has 0 saturated heterocycles. The summed E-state index contributed by atoms with van der Waals surface area (Å²) in [7, 11) is 0. The van der Waals surface area contributed by atoms with E-state index in [0.717, 1.165) is 55.6 Å². The number of aliphatic carboxylic acids is 1. The van der Waals surface area contributed by atoms with Crippen LogP contribution in [-0.4, -0.2) is 28.5 Å². The van der Waals surface area contributed by atoms with Gasteiger partial charge in [-0.15, -0.1) is 0 Å². The monoisotopic (exact) mass is 480 g/mol. The maximum absolute atomic E-state index is 12.6. The molecule has 2 aromatic rings. The summed E-state index contributed by atoms with van der Waals surface area (Å²) in [6.45, 7) is 2.51. The fourth-order valence-corrected chi connectivity index (χ4v) is 6.06. The summed E-state index contributed by atoms with van der Waals surface area (Å²) in [5.41, 5.74) is 1.07. The summed E-state index contributed by atoms with van der Waals surface area (Å²) in [5.74, 6) is 0.417. The van der Waals surface area contributed by atoms with Crippen LogP contribution in [0.1, 0.15) is 100 Å². The van der Waals surface area contributed by atoms with Crippen molar-refractivity contribution in [1.29, 1.82) is 0 Å². The second-order valence-corrected chi connectivity index (χ2v) is 10.8. The number of rotatable bonds is 11. The summed E-state index contributed by atoms with van der Waals surface area (Å²) < 4.78 is 5.70. The molecule has 2 aliphatic rings. The summed E-state index contributed by atoms with van der Waals surface area (Å²) in [4.78, 5) is 29.4. The minimum atomic E-state index is -0.836. The molecule has 2 saturated carbocycles. The molecule has 1 unspecified atom stereocenters. The Bertz CT molecular complexity index is 988. The number of nitrogens with one attached hydrogen (secondary N) is 1. The molecule has 1 aromatic heterocycles. The normalized spacial score (nSPS) is 18.9. The van der Waals surface area contributed by atoms with Gasteiger partial charge >= 0.3 is 5.97 Å². The summed E-state index contributed by atoms with van der Waals surface area (Å²) in [6.07, 6.45) is 16.1. The zero-order valence-corrected chi connectivity index (χ0v) is 21.1. The van der Waals surface area contributed by atoms with Gasteiger partial charge in [-0.2, -0.15) is 0 Å². The van der Waals surface area contributed by atoms with Gasteiger partial charge in [-0.1, -0.05) is 76.0 Å². The molecule has 0 aliphatic heterocycles. The number of hydrogen-bond donors (Lipinski definition) is 2. The first-order valence-corrected chi connectivity index (χ1v) is 13.5. The van der Waals surface area contributed by atoms with E-state index in [1.54, 1.807) is 0 Å². The average Bonchev–Trinajstić information content (AvgIpc) is 3.58. The molecule has 4 rings (SSSR count). The van der Waals surface area contributed by atoms with Crippen molar-refractivity contribution < 1.29 is 19.1 Å². The Balaban J connectivity index is 1.35. The van der Waals surface area contributed by atoms with Crippen LogP contribution in [-0.2, 0) is 11.2 Å². The van der Waals surface area contributed by atoms with Gasteiger partial charge < -0.3 is 14.8 Å². The van der Waals surface area contributed by atoms with Crippen molar-refractivity contribution >= 4 is 11.9 Å². The number of carbonyl (C=O) groups excluding carboxylic acids is 1. The third-order valence-corrected chi connectivity index (χ3v) is 8.34. The minimum absolute atomic E-state index is 0.164. The van der Waals surface area contributed by atoms with E-state index in [4.69, 9.17) is 4.42 Å². The number of amides is 1. The van der Waals surface area contributed by atoms with Crippen molar-refractivity contribution in [3.05, 3.63) is 41.8 Å². The highest BCUT2D eigenvalue weighted by molar-refractivity contribution is 5.92. The number of carboxylic acid groups (broad SMARTS) is 1. The summed E-state index contributed by atoms with van der Waals surface area (Å²) >= 11 is 0. The Morgan fingerprint density at radius 3 is 2.51 bits per heavy atom. The molecule has 0 radical (unpaired) electrons. The van der Waals surface area contributed by atoms with Gasteiger partial charge in [0.25, 0.3) is 5.91 Å². The first-order valence-electron chi connectivity index (χ1n) is 13.5. The molecule has 190 valence electrons. The quantitative estimate of drug-likeness (QED) is 0.351. The molecule has 6 nitrogen and oxygen atoms in total. The maximum Gasteiger partial charge on any atom is 0.309 e. The number of unbranched alkanes of at least 4 members (excludes halogenated alkanes) is 1. The van der Waals surface area contributed by atoms with E-state index < -0.39 is 11.4 Å². The van der Waals surface area contributed by atoms with Crippen LogP contribution >= 0.6 is 0 Å². The molecular weight excluding hydrogens is 440 g/mol. The van der Waals surface area contributed by atoms with E-state index in [1.807, 2.05) is 31.2 Å². The SMILES string of the molecule is CC(Cc1ccccc1-c1nc(C(=O)NCCCCC2CCCCC2)co1)(C(=O)O)C1CCCC1. The lowest BCUT2D eigenvalue weighted by Gasteiger charge is -2.32. The molecular formula is C29H40N2O4. The second kappa shape index (κ2) is 11.9. The number of nitrogens with zero attached hydrogens (tertiary/aromatic N) is 1. The average molecular weight is 481 g/mol. The van der Waals surface area contributed by atoms with Crippen molar-refractivity contribution in [3.63, 3.8) is 0 Å². The van der Waals surface area contributed by atoms with Gasteiger partial charge in [0.15, 0.2) is 5.69 Å². The van der Waals surface area contributed by atoms with E-state index in [0.29, 0.717) is 18.9 Å². The molecule has 2 N–H and O–H groups in total. The number of hydrogen-bond acceptors (Lipinski definition) is 4. The van der Waals surface area contributed by atoms with Crippen LogP contribution in [0.5, 0.6) is 0 Å². The lowest BCUT2D eigenvalue weighted by molar-refractivity contribution is -0.151. The first kappa shape index (κ1) is 25.5. The zero-order chi connectivity index (χ0) is 24.7. The van der Waals surface area contributed by atoms with Crippen molar-refractivity contribution in [2.45, 2.75) is 90.4 Å². The fourth-order valence-electron chi connectivity index (χ4n) is 6.06. The van der Waals surface area contributed by atoms with Gasteiger partial charge in [-0.3, -0.25) is 9.59 Å². The zero-order valence-electron chi connectivity index (χ0n) is 21.1. The van der Waals surface area contributed by atoms with Crippen LogP contribution in [0.15, 0.2) is 34.9 Å². The highest BCUT2D eigenvalue weighted by Crippen LogP contribution is 2.43. The molecule has 2 aliphatic carbocycles. The van der Waals surface area contributed by atoms with Crippen LogP contribution in [0.4, 0.5) is 0 Å². The van der Waals surface area contributed by atoms with E-state index in [2.05, 4.69) is 10.3 Å². The predicted molar refractivity (Wildman–Crippen MR) is 136 cm³/mol. The van der Waals surface area contributed by atoms with Crippen molar-refractivity contribution in [2.75, 3.05) is 6.54 Å². The van der Waals surface area contributed by atoms with Crippen LogP contribution in [0.3, 0.4) is 0 Å². The number of carbonyl (C=O) groups is 2. The Morgan fingerprint density at radius 2 is 1.77 bits per heavy atom. The van der Waals surface area contributed by atoms with Crippen LogP contribution in [0.25, 0.3) is 11.5 Å². The number of carboxylic acids is 1. The van der Waals surface area contributed by atoms with Gasteiger partial charge in [-0.25, -0.2) is 4.98 Å². The van der Waals surface area contributed by atoms with Gasteiger partial charge in [0.2, 0.25) is 5.89 Å². The Morgan fingerprint density at radius 1 is 1.06 bits per heavy atom. The van der Waals surface area contributed by atoms with Crippen LogP contribution in [0.2, 0.25) is 0 Å². The Hall–Kier alpha value is -2.63. The molecule has 0 bridgehead atoms. The van der Waals surface area contributed by atoms with E-state index in [1.165, 1.54) is 44.8 Å².